The van der Waals surface area contributed by atoms with Crippen molar-refractivity contribution in [2.45, 2.75) is 18.8 Å². The van der Waals surface area contributed by atoms with Crippen molar-refractivity contribution in [1.29, 1.82) is 0 Å². The molecule has 0 radical (unpaired) electrons. The summed E-state index contributed by atoms with van der Waals surface area (Å²) in [5.41, 5.74) is 0.531. The van der Waals surface area contributed by atoms with Crippen molar-refractivity contribution in [3.05, 3.63) is 28.3 Å². The molecule has 1 aromatic rings. The molecule has 2 rings (SSSR count). The monoisotopic (exact) mass is 229 g/mol. The number of esters is 1. The molecule has 1 aromatic heterocycles. The van der Waals surface area contributed by atoms with Crippen LogP contribution in [0, 0.1) is 5.82 Å². The Hall–Kier alpha value is -1.16. The van der Waals surface area contributed by atoms with Crippen LogP contribution in [0.5, 0.6) is 0 Å². The molecule has 3 nitrogen and oxygen atoms in total. The highest BCUT2D eigenvalue weighted by Crippen LogP contribution is 2.42. The first kappa shape index (κ1) is 10.4. The van der Waals surface area contributed by atoms with Crippen LogP contribution in [-0.4, -0.2) is 18.1 Å². The first-order chi connectivity index (χ1) is 7.15. The van der Waals surface area contributed by atoms with Crippen molar-refractivity contribution in [3.63, 3.8) is 0 Å². The summed E-state index contributed by atoms with van der Waals surface area (Å²) in [4.78, 5) is 15.1. The van der Waals surface area contributed by atoms with E-state index >= 15 is 0 Å². The molecular weight excluding hydrogens is 221 g/mol. The predicted octanol–water partition coefficient (Wildman–Crippen LogP) is 2.54. The largest absolute Gasteiger partial charge is 0.465 e. The molecule has 1 fully saturated rings. The molecule has 0 atom stereocenters. The number of nitrogens with zero attached hydrogens (tertiary/aromatic N) is 1. The van der Waals surface area contributed by atoms with Crippen molar-refractivity contribution in [2.75, 3.05) is 7.11 Å². The highest BCUT2D eigenvalue weighted by molar-refractivity contribution is 6.29. The van der Waals surface area contributed by atoms with Gasteiger partial charge >= 0.3 is 5.97 Å². The smallest absolute Gasteiger partial charge is 0.341 e. The summed E-state index contributed by atoms with van der Waals surface area (Å²) >= 11 is 5.52. The fraction of sp³-hybridized carbons (Fsp3) is 0.400. The van der Waals surface area contributed by atoms with Gasteiger partial charge in [0.15, 0.2) is 11.0 Å². The van der Waals surface area contributed by atoms with Gasteiger partial charge in [-0.05, 0) is 24.3 Å². The van der Waals surface area contributed by atoms with Crippen molar-refractivity contribution in [3.8, 4) is 0 Å². The van der Waals surface area contributed by atoms with E-state index in [1.54, 1.807) is 0 Å². The summed E-state index contributed by atoms with van der Waals surface area (Å²) in [6.07, 6.45) is 3.36. The van der Waals surface area contributed by atoms with Crippen LogP contribution >= 0.6 is 11.6 Å². The fourth-order valence-electron chi connectivity index (χ4n) is 1.49. The SMILES string of the molecule is COC(=O)c1c(C2CC2)cnc(Cl)c1F. The van der Waals surface area contributed by atoms with Crippen LogP contribution in [-0.2, 0) is 4.74 Å². The first-order valence-corrected chi connectivity index (χ1v) is 4.95. The third-order valence-electron chi connectivity index (χ3n) is 2.41. The van der Waals surface area contributed by atoms with Gasteiger partial charge in [-0.2, -0.15) is 0 Å². The number of carbonyl (C=O) groups is 1. The number of carbonyl (C=O) groups excluding carboxylic acids is 1. The van der Waals surface area contributed by atoms with Crippen molar-refractivity contribution >= 4 is 17.6 Å². The van der Waals surface area contributed by atoms with Gasteiger partial charge in [0.05, 0.1) is 7.11 Å². The molecule has 80 valence electrons. The van der Waals surface area contributed by atoms with E-state index in [0.29, 0.717) is 5.56 Å². The maximum Gasteiger partial charge on any atom is 0.341 e. The third-order valence-corrected chi connectivity index (χ3v) is 2.68. The van der Waals surface area contributed by atoms with E-state index < -0.39 is 11.8 Å². The number of hydrogen-bond acceptors (Lipinski definition) is 3. The summed E-state index contributed by atoms with van der Waals surface area (Å²) in [7, 11) is 1.22. The zero-order valence-corrected chi connectivity index (χ0v) is 8.84. The van der Waals surface area contributed by atoms with Crippen molar-refractivity contribution in [2.24, 2.45) is 0 Å². The molecule has 0 amide bonds. The average molecular weight is 230 g/mol. The number of aromatic nitrogens is 1. The summed E-state index contributed by atoms with van der Waals surface area (Å²) in [5, 5.41) is -0.292. The molecule has 0 aromatic carbocycles. The zero-order chi connectivity index (χ0) is 11.0. The highest BCUT2D eigenvalue weighted by atomic mass is 35.5. The Balaban J connectivity index is 2.54. The second-order valence-electron chi connectivity index (χ2n) is 3.46. The van der Waals surface area contributed by atoms with Crippen LogP contribution in [0.3, 0.4) is 0 Å². The van der Waals surface area contributed by atoms with Gasteiger partial charge in [0.1, 0.15) is 5.56 Å². The van der Waals surface area contributed by atoms with E-state index in [-0.39, 0.29) is 16.6 Å². The quantitative estimate of drug-likeness (QED) is 0.578. The molecule has 0 saturated heterocycles. The lowest BCUT2D eigenvalue weighted by atomic mass is 10.1. The van der Waals surface area contributed by atoms with Crippen LogP contribution in [0.1, 0.15) is 34.7 Å². The van der Waals surface area contributed by atoms with Crippen molar-refractivity contribution in [1.82, 2.24) is 4.98 Å². The van der Waals surface area contributed by atoms with Crippen LogP contribution < -0.4 is 0 Å². The third kappa shape index (κ3) is 1.81. The van der Waals surface area contributed by atoms with E-state index in [4.69, 9.17) is 11.6 Å². The Morgan fingerprint density at radius 1 is 1.67 bits per heavy atom. The molecular formula is C10H9ClFNO2. The number of rotatable bonds is 2. The Bertz CT molecular complexity index is 418. The summed E-state index contributed by atoms with van der Waals surface area (Å²) in [6, 6.07) is 0. The lowest BCUT2D eigenvalue weighted by molar-refractivity contribution is 0.0594. The second kappa shape index (κ2) is 3.77. The Labute approximate surface area is 91.2 Å². The standard InChI is InChI=1S/C10H9ClFNO2/c1-15-10(14)7-6(5-2-3-5)4-13-9(11)8(7)12/h4-5H,2-3H2,1H3. The molecule has 0 aliphatic heterocycles. The number of hydrogen-bond donors (Lipinski definition) is 0. The molecule has 1 aliphatic carbocycles. The lowest BCUT2D eigenvalue weighted by Crippen LogP contribution is -2.09. The summed E-state index contributed by atoms with van der Waals surface area (Å²) in [6.45, 7) is 0. The van der Waals surface area contributed by atoms with Crippen LogP contribution in [0.4, 0.5) is 4.39 Å². The average Bonchev–Trinajstić information content (AvgIpc) is 3.04. The van der Waals surface area contributed by atoms with Gasteiger partial charge < -0.3 is 4.74 Å². The van der Waals surface area contributed by atoms with Gasteiger partial charge in [-0.25, -0.2) is 14.2 Å². The molecule has 15 heavy (non-hydrogen) atoms. The number of methoxy groups -OCH3 is 1. The summed E-state index contributed by atoms with van der Waals surface area (Å²) < 4.78 is 18.1. The maximum absolute atomic E-state index is 13.6. The zero-order valence-electron chi connectivity index (χ0n) is 8.09. The molecule has 5 heteroatoms. The molecule has 0 N–H and O–H groups in total. The van der Waals surface area contributed by atoms with E-state index in [9.17, 15) is 9.18 Å². The molecule has 1 saturated carbocycles. The summed E-state index contributed by atoms with van der Waals surface area (Å²) in [5.74, 6) is -1.26. The van der Waals surface area contributed by atoms with Gasteiger partial charge in [0, 0.05) is 6.20 Å². The normalized spacial score (nSPS) is 15.1. The minimum Gasteiger partial charge on any atom is -0.465 e. The van der Waals surface area contributed by atoms with Crippen LogP contribution in [0.15, 0.2) is 6.20 Å². The van der Waals surface area contributed by atoms with Gasteiger partial charge in [0.25, 0.3) is 0 Å². The number of pyridine rings is 1. The van der Waals surface area contributed by atoms with Crippen molar-refractivity contribution < 1.29 is 13.9 Å². The van der Waals surface area contributed by atoms with E-state index in [1.807, 2.05) is 0 Å². The van der Waals surface area contributed by atoms with Crippen LogP contribution in [0.25, 0.3) is 0 Å². The highest BCUT2D eigenvalue weighted by Gasteiger charge is 2.31. The topological polar surface area (TPSA) is 39.2 Å². The minimum absolute atomic E-state index is 0.0694. The Morgan fingerprint density at radius 3 is 2.87 bits per heavy atom. The van der Waals surface area contributed by atoms with E-state index in [1.165, 1.54) is 13.3 Å². The minimum atomic E-state index is -0.784. The number of ether oxygens (including phenoxy) is 1. The van der Waals surface area contributed by atoms with E-state index in [0.717, 1.165) is 12.8 Å². The first-order valence-electron chi connectivity index (χ1n) is 4.57. The van der Waals surface area contributed by atoms with Gasteiger partial charge in [-0.15, -0.1) is 0 Å². The molecule has 0 unspecified atom stereocenters. The fourth-order valence-corrected chi connectivity index (χ4v) is 1.63. The van der Waals surface area contributed by atoms with Gasteiger partial charge in [0.2, 0.25) is 0 Å². The second-order valence-corrected chi connectivity index (χ2v) is 3.82. The van der Waals surface area contributed by atoms with Gasteiger partial charge in [-0.1, -0.05) is 11.6 Å². The molecule has 0 bridgehead atoms. The van der Waals surface area contributed by atoms with Gasteiger partial charge in [-0.3, -0.25) is 0 Å². The molecule has 1 aliphatic rings. The number of halogens is 2. The molecule has 0 spiro atoms. The lowest BCUT2D eigenvalue weighted by Gasteiger charge is -2.07. The Morgan fingerprint density at radius 2 is 2.33 bits per heavy atom. The maximum atomic E-state index is 13.6. The predicted molar refractivity (Wildman–Crippen MR) is 52.5 cm³/mol. The molecule has 1 heterocycles. The van der Waals surface area contributed by atoms with Crippen LogP contribution in [0.2, 0.25) is 5.15 Å². The van der Waals surface area contributed by atoms with E-state index in [2.05, 4.69) is 9.72 Å². The Kier molecular flexibility index (Phi) is 2.61.